The first-order valence-electron chi connectivity index (χ1n) is 8.84. The molecule has 0 aliphatic heterocycles. The topological polar surface area (TPSA) is 73.9 Å². The molecule has 0 aliphatic rings. The number of halogens is 1. The number of hydrogen-bond donors (Lipinski definition) is 1. The Morgan fingerprint density at radius 3 is 2.50 bits per heavy atom. The van der Waals surface area contributed by atoms with Crippen LogP contribution in [0.1, 0.15) is 16.7 Å². The lowest BCUT2D eigenvalue weighted by atomic mass is 10.1. The number of carbonyl (C=O) groups excluding carboxylic acids is 2. The minimum absolute atomic E-state index is 0.0968. The van der Waals surface area contributed by atoms with E-state index in [1.807, 2.05) is 32.0 Å². The average Bonchev–Trinajstić information content (AvgIpc) is 2.65. The van der Waals surface area contributed by atoms with Crippen LogP contribution in [0.5, 0.6) is 11.5 Å². The van der Waals surface area contributed by atoms with Gasteiger partial charge in [-0.3, -0.25) is 9.59 Å². The summed E-state index contributed by atoms with van der Waals surface area (Å²) in [6.45, 7) is 4.14. The minimum Gasteiger partial charge on any atom is -0.494 e. The van der Waals surface area contributed by atoms with Crippen molar-refractivity contribution in [3.63, 3.8) is 0 Å². The van der Waals surface area contributed by atoms with Crippen LogP contribution in [-0.2, 0) is 20.7 Å². The number of esters is 1. The molecule has 0 atom stereocenters. The molecular formula is C21H24FNO5. The monoisotopic (exact) mass is 389 g/mol. The lowest BCUT2D eigenvalue weighted by molar-refractivity contribution is -0.147. The van der Waals surface area contributed by atoms with E-state index in [-0.39, 0.29) is 18.7 Å². The number of amides is 1. The number of benzene rings is 2. The average molecular weight is 389 g/mol. The smallest absolute Gasteiger partial charge is 0.310 e. The van der Waals surface area contributed by atoms with Crippen molar-refractivity contribution in [2.45, 2.75) is 20.3 Å². The Hall–Kier alpha value is -3.09. The van der Waals surface area contributed by atoms with Gasteiger partial charge in [0.25, 0.3) is 5.91 Å². The molecule has 0 saturated heterocycles. The highest BCUT2D eigenvalue weighted by molar-refractivity contribution is 5.81. The number of ether oxygens (including phenoxy) is 3. The summed E-state index contributed by atoms with van der Waals surface area (Å²) < 4.78 is 28.9. The Morgan fingerprint density at radius 2 is 1.82 bits per heavy atom. The summed E-state index contributed by atoms with van der Waals surface area (Å²) in [7, 11) is 1.36. The Kier molecular flexibility index (Phi) is 7.80. The van der Waals surface area contributed by atoms with Crippen LogP contribution in [-0.4, -0.2) is 38.7 Å². The summed E-state index contributed by atoms with van der Waals surface area (Å²) in [4.78, 5) is 23.5. The van der Waals surface area contributed by atoms with E-state index >= 15 is 0 Å². The lowest BCUT2D eigenvalue weighted by Crippen LogP contribution is -2.32. The molecule has 6 nitrogen and oxygen atoms in total. The molecule has 2 aromatic rings. The molecular weight excluding hydrogens is 365 g/mol. The van der Waals surface area contributed by atoms with Gasteiger partial charge in [-0.2, -0.15) is 0 Å². The van der Waals surface area contributed by atoms with Gasteiger partial charge in [-0.05, 0) is 43.2 Å². The van der Waals surface area contributed by atoms with Gasteiger partial charge in [0.15, 0.2) is 18.2 Å². The molecule has 0 aliphatic carbocycles. The molecule has 28 heavy (non-hydrogen) atoms. The van der Waals surface area contributed by atoms with Gasteiger partial charge in [0.05, 0.1) is 20.1 Å². The lowest BCUT2D eigenvalue weighted by Gasteiger charge is -2.11. The van der Waals surface area contributed by atoms with Gasteiger partial charge in [-0.15, -0.1) is 0 Å². The van der Waals surface area contributed by atoms with Crippen molar-refractivity contribution in [3.8, 4) is 11.5 Å². The van der Waals surface area contributed by atoms with Crippen LogP contribution in [0.2, 0.25) is 0 Å². The summed E-state index contributed by atoms with van der Waals surface area (Å²) in [6, 6.07) is 10.0. The number of hydrogen-bond acceptors (Lipinski definition) is 5. The third-order valence-corrected chi connectivity index (χ3v) is 3.94. The van der Waals surface area contributed by atoms with Crippen molar-refractivity contribution in [3.05, 3.63) is 58.9 Å². The fraction of sp³-hybridized carbons (Fsp3) is 0.333. The van der Waals surface area contributed by atoms with E-state index in [0.29, 0.717) is 12.2 Å². The van der Waals surface area contributed by atoms with E-state index in [2.05, 4.69) is 5.32 Å². The number of nitrogens with one attached hydrogen (secondary N) is 1. The van der Waals surface area contributed by atoms with E-state index in [4.69, 9.17) is 14.2 Å². The van der Waals surface area contributed by atoms with Crippen LogP contribution in [0.25, 0.3) is 0 Å². The molecule has 2 rings (SSSR count). The molecule has 7 heteroatoms. The van der Waals surface area contributed by atoms with Crippen LogP contribution in [0.15, 0.2) is 36.4 Å². The molecule has 0 unspecified atom stereocenters. The molecule has 2 aromatic carbocycles. The van der Waals surface area contributed by atoms with Crippen LogP contribution < -0.4 is 14.8 Å². The maximum absolute atomic E-state index is 13.6. The Balaban J connectivity index is 1.66. The number of aryl methyl sites for hydroxylation is 2. The highest BCUT2D eigenvalue weighted by Crippen LogP contribution is 2.19. The molecule has 150 valence electrons. The molecule has 0 saturated carbocycles. The second-order valence-corrected chi connectivity index (χ2v) is 6.27. The van der Waals surface area contributed by atoms with E-state index in [1.165, 1.54) is 19.2 Å². The van der Waals surface area contributed by atoms with E-state index in [1.54, 1.807) is 6.07 Å². The quantitative estimate of drug-likeness (QED) is 0.527. The maximum atomic E-state index is 13.6. The summed E-state index contributed by atoms with van der Waals surface area (Å²) in [5.74, 6) is -0.753. The zero-order chi connectivity index (χ0) is 20.5. The van der Waals surface area contributed by atoms with E-state index in [9.17, 15) is 14.0 Å². The highest BCUT2D eigenvalue weighted by atomic mass is 19.1. The molecule has 0 heterocycles. The summed E-state index contributed by atoms with van der Waals surface area (Å²) >= 11 is 0. The Labute approximate surface area is 163 Å². The van der Waals surface area contributed by atoms with Crippen molar-refractivity contribution in [1.82, 2.24) is 5.32 Å². The van der Waals surface area contributed by atoms with Crippen molar-refractivity contribution in [2.75, 3.05) is 26.9 Å². The molecule has 0 fully saturated rings. The predicted octanol–water partition coefficient (Wildman–Crippen LogP) is 2.73. The normalized spacial score (nSPS) is 10.3. The molecule has 0 radical (unpaired) electrons. The predicted molar refractivity (Wildman–Crippen MR) is 102 cm³/mol. The first-order chi connectivity index (χ1) is 13.4. The van der Waals surface area contributed by atoms with Crippen LogP contribution in [0, 0.1) is 19.7 Å². The SMILES string of the molecule is COc1ccc(CC(=O)OCC(=O)NCCOc2ccc(C)cc2C)cc1F. The zero-order valence-corrected chi connectivity index (χ0v) is 16.2. The van der Waals surface area contributed by atoms with Crippen LogP contribution >= 0.6 is 0 Å². The first-order valence-corrected chi connectivity index (χ1v) is 8.84. The summed E-state index contributed by atoms with van der Waals surface area (Å²) in [5, 5.41) is 2.61. The number of rotatable bonds is 9. The van der Waals surface area contributed by atoms with Crippen LogP contribution in [0.3, 0.4) is 0 Å². The molecule has 0 bridgehead atoms. The highest BCUT2D eigenvalue weighted by Gasteiger charge is 2.11. The minimum atomic E-state index is -0.619. The van der Waals surface area contributed by atoms with Crippen molar-refractivity contribution in [1.29, 1.82) is 0 Å². The summed E-state index contributed by atoms with van der Waals surface area (Å²) in [5.41, 5.74) is 2.61. The van der Waals surface area contributed by atoms with Gasteiger partial charge < -0.3 is 19.5 Å². The Morgan fingerprint density at radius 1 is 1.07 bits per heavy atom. The fourth-order valence-corrected chi connectivity index (χ4v) is 2.55. The van der Waals surface area contributed by atoms with E-state index in [0.717, 1.165) is 16.9 Å². The van der Waals surface area contributed by atoms with Gasteiger partial charge in [0, 0.05) is 0 Å². The van der Waals surface area contributed by atoms with Crippen molar-refractivity contribution < 1.29 is 28.2 Å². The van der Waals surface area contributed by atoms with E-state index < -0.39 is 24.3 Å². The third kappa shape index (κ3) is 6.57. The molecule has 0 spiro atoms. The molecule has 1 amide bonds. The maximum Gasteiger partial charge on any atom is 0.310 e. The molecule has 0 aromatic heterocycles. The number of methoxy groups -OCH3 is 1. The summed E-state index contributed by atoms with van der Waals surface area (Å²) in [6.07, 6.45) is -0.135. The second kappa shape index (κ2) is 10.3. The van der Waals surface area contributed by atoms with Gasteiger partial charge in [-0.1, -0.05) is 23.8 Å². The first kappa shape index (κ1) is 21.2. The largest absolute Gasteiger partial charge is 0.494 e. The van der Waals surface area contributed by atoms with Crippen LogP contribution in [0.4, 0.5) is 4.39 Å². The second-order valence-electron chi connectivity index (χ2n) is 6.27. The number of carbonyl (C=O) groups is 2. The van der Waals surface area contributed by atoms with Gasteiger partial charge in [-0.25, -0.2) is 4.39 Å². The van der Waals surface area contributed by atoms with Gasteiger partial charge in [0.2, 0.25) is 0 Å². The van der Waals surface area contributed by atoms with Gasteiger partial charge in [0.1, 0.15) is 12.4 Å². The van der Waals surface area contributed by atoms with Crippen molar-refractivity contribution >= 4 is 11.9 Å². The zero-order valence-electron chi connectivity index (χ0n) is 16.2. The fourth-order valence-electron chi connectivity index (χ4n) is 2.55. The third-order valence-electron chi connectivity index (χ3n) is 3.94. The van der Waals surface area contributed by atoms with Gasteiger partial charge >= 0.3 is 5.97 Å². The Bertz CT molecular complexity index is 838. The standard InChI is InChI=1S/C21H24FNO5/c1-14-4-6-18(15(2)10-14)27-9-8-23-20(24)13-28-21(25)12-16-5-7-19(26-3)17(22)11-16/h4-7,10-11H,8-9,12-13H2,1-3H3,(H,23,24). The van der Waals surface area contributed by atoms with Crippen molar-refractivity contribution in [2.24, 2.45) is 0 Å². The molecule has 1 N–H and O–H groups in total.